The van der Waals surface area contributed by atoms with Gasteiger partial charge in [0.15, 0.2) is 22.2 Å². The Balaban J connectivity index is 1.57. The van der Waals surface area contributed by atoms with Crippen molar-refractivity contribution < 1.29 is 9.47 Å². The molecular weight excluding hydrogens is 372 g/mol. The number of benzene rings is 2. The van der Waals surface area contributed by atoms with E-state index in [1.54, 1.807) is 18.2 Å². The standard InChI is InChI=1S/C18H11ClN4O2S/c19-12-2-1-3-13(7-12)22-23-14(8-20)18-21-15(9-26-18)11-4-5-16-17(6-11)25-10-24-16/h1-7,9,22H,10H2/b23-14+. The van der Waals surface area contributed by atoms with Gasteiger partial charge in [0.2, 0.25) is 6.79 Å². The van der Waals surface area contributed by atoms with E-state index < -0.39 is 0 Å². The summed E-state index contributed by atoms with van der Waals surface area (Å²) in [6, 6.07) is 14.8. The third-order valence-electron chi connectivity index (χ3n) is 3.60. The SMILES string of the molecule is N#C/C(=N\Nc1cccc(Cl)c1)c1nc(-c2ccc3c(c2)OCO3)cs1. The van der Waals surface area contributed by atoms with Gasteiger partial charge in [0.05, 0.1) is 11.4 Å². The molecule has 0 saturated carbocycles. The summed E-state index contributed by atoms with van der Waals surface area (Å²) in [6.07, 6.45) is 0. The minimum atomic E-state index is 0.196. The van der Waals surface area contributed by atoms with Gasteiger partial charge in [-0.3, -0.25) is 5.43 Å². The molecule has 0 saturated heterocycles. The molecule has 0 atom stereocenters. The first-order valence-electron chi connectivity index (χ1n) is 7.58. The zero-order valence-electron chi connectivity index (χ0n) is 13.3. The number of anilines is 1. The molecule has 6 nitrogen and oxygen atoms in total. The second-order valence-electron chi connectivity index (χ2n) is 5.30. The summed E-state index contributed by atoms with van der Waals surface area (Å²) in [5.41, 5.74) is 5.35. The molecule has 0 fully saturated rings. The van der Waals surface area contributed by atoms with Crippen LogP contribution in [0, 0.1) is 11.3 Å². The lowest BCUT2D eigenvalue weighted by molar-refractivity contribution is 0.174. The van der Waals surface area contributed by atoms with E-state index in [0.717, 1.165) is 11.3 Å². The monoisotopic (exact) mass is 382 g/mol. The van der Waals surface area contributed by atoms with Gasteiger partial charge in [0.1, 0.15) is 6.07 Å². The zero-order valence-corrected chi connectivity index (χ0v) is 14.8. The summed E-state index contributed by atoms with van der Waals surface area (Å²) in [4.78, 5) is 4.51. The second kappa shape index (κ2) is 7.04. The highest BCUT2D eigenvalue weighted by Gasteiger charge is 2.16. The van der Waals surface area contributed by atoms with Crippen molar-refractivity contribution >= 4 is 34.3 Å². The molecule has 1 aromatic heterocycles. The topological polar surface area (TPSA) is 79.5 Å². The first-order chi connectivity index (χ1) is 12.7. The quantitative estimate of drug-likeness (QED) is 0.529. The Kier molecular flexibility index (Phi) is 4.44. The molecule has 0 unspecified atom stereocenters. The van der Waals surface area contributed by atoms with Crippen molar-refractivity contribution in [2.45, 2.75) is 0 Å². The second-order valence-corrected chi connectivity index (χ2v) is 6.59. The van der Waals surface area contributed by atoms with Crippen molar-refractivity contribution in [2.24, 2.45) is 5.10 Å². The smallest absolute Gasteiger partial charge is 0.231 e. The number of nitriles is 1. The fourth-order valence-electron chi connectivity index (χ4n) is 2.37. The molecule has 0 bridgehead atoms. The number of fused-ring (bicyclic) bond motifs is 1. The highest BCUT2D eigenvalue weighted by molar-refractivity contribution is 7.12. The Labute approximate surface area is 158 Å². The summed E-state index contributed by atoms with van der Waals surface area (Å²) >= 11 is 7.29. The van der Waals surface area contributed by atoms with Crippen LogP contribution in [0.1, 0.15) is 5.01 Å². The third kappa shape index (κ3) is 3.33. The molecule has 1 aliphatic heterocycles. The van der Waals surface area contributed by atoms with Crippen LogP contribution in [0.15, 0.2) is 52.9 Å². The van der Waals surface area contributed by atoms with E-state index in [1.165, 1.54) is 11.3 Å². The largest absolute Gasteiger partial charge is 0.454 e. The number of aromatic nitrogens is 1. The third-order valence-corrected chi connectivity index (χ3v) is 4.69. The van der Waals surface area contributed by atoms with Crippen LogP contribution in [0.2, 0.25) is 5.02 Å². The van der Waals surface area contributed by atoms with E-state index in [1.807, 2.05) is 29.6 Å². The van der Waals surface area contributed by atoms with Crippen molar-refractivity contribution in [1.29, 1.82) is 5.26 Å². The Morgan fingerprint density at radius 1 is 1.23 bits per heavy atom. The first kappa shape index (κ1) is 16.4. The average Bonchev–Trinajstić information content (AvgIpc) is 3.31. The average molecular weight is 383 g/mol. The number of hydrazone groups is 1. The van der Waals surface area contributed by atoms with E-state index in [9.17, 15) is 5.26 Å². The number of nitrogens with zero attached hydrogens (tertiary/aromatic N) is 3. The Morgan fingerprint density at radius 2 is 2.12 bits per heavy atom. The molecule has 0 aliphatic carbocycles. The van der Waals surface area contributed by atoms with Gasteiger partial charge in [0.25, 0.3) is 0 Å². The van der Waals surface area contributed by atoms with E-state index in [-0.39, 0.29) is 12.5 Å². The van der Waals surface area contributed by atoms with Crippen molar-refractivity contribution in [1.82, 2.24) is 4.98 Å². The minimum absolute atomic E-state index is 0.196. The van der Waals surface area contributed by atoms with Crippen molar-refractivity contribution in [3.8, 4) is 28.8 Å². The number of hydrogen-bond acceptors (Lipinski definition) is 7. The summed E-state index contributed by atoms with van der Waals surface area (Å²) in [7, 11) is 0. The lowest BCUT2D eigenvalue weighted by atomic mass is 10.1. The minimum Gasteiger partial charge on any atom is -0.454 e. The predicted molar refractivity (Wildman–Crippen MR) is 101 cm³/mol. The van der Waals surface area contributed by atoms with Crippen LogP contribution in [0.5, 0.6) is 11.5 Å². The van der Waals surface area contributed by atoms with Crippen LogP contribution < -0.4 is 14.9 Å². The summed E-state index contributed by atoms with van der Waals surface area (Å²) < 4.78 is 10.7. The molecule has 0 spiro atoms. The number of nitrogens with one attached hydrogen (secondary N) is 1. The normalized spacial score (nSPS) is 12.7. The number of hydrogen-bond donors (Lipinski definition) is 1. The van der Waals surface area contributed by atoms with Gasteiger partial charge in [-0.05, 0) is 36.4 Å². The molecule has 2 aromatic carbocycles. The van der Waals surface area contributed by atoms with Crippen LogP contribution in [-0.2, 0) is 0 Å². The van der Waals surface area contributed by atoms with Crippen LogP contribution in [0.3, 0.4) is 0 Å². The van der Waals surface area contributed by atoms with Crippen LogP contribution in [0.4, 0.5) is 5.69 Å². The molecule has 4 rings (SSSR count). The van der Waals surface area contributed by atoms with Crippen molar-refractivity contribution in [3.63, 3.8) is 0 Å². The van der Waals surface area contributed by atoms with E-state index >= 15 is 0 Å². The summed E-state index contributed by atoms with van der Waals surface area (Å²) in [5.74, 6) is 1.41. The van der Waals surface area contributed by atoms with Crippen molar-refractivity contribution in [2.75, 3.05) is 12.2 Å². The molecule has 128 valence electrons. The van der Waals surface area contributed by atoms with Crippen LogP contribution in [0.25, 0.3) is 11.3 Å². The van der Waals surface area contributed by atoms with Gasteiger partial charge in [-0.2, -0.15) is 10.4 Å². The molecule has 8 heteroatoms. The Bertz CT molecular complexity index is 1040. The molecule has 1 N–H and O–H groups in total. The number of halogens is 1. The number of rotatable bonds is 4. The maximum absolute atomic E-state index is 9.40. The van der Waals surface area contributed by atoms with Crippen LogP contribution >= 0.6 is 22.9 Å². The van der Waals surface area contributed by atoms with E-state index in [2.05, 4.69) is 21.6 Å². The summed E-state index contributed by atoms with van der Waals surface area (Å²) in [6.45, 7) is 0.224. The van der Waals surface area contributed by atoms with Gasteiger partial charge in [0, 0.05) is 16.0 Å². The lowest BCUT2D eigenvalue weighted by Gasteiger charge is -2.01. The molecule has 0 radical (unpaired) electrons. The summed E-state index contributed by atoms with van der Waals surface area (Å²) in [5, 5.41) is 16.5. The van der Waals surface area contributed by atoms with Crippen molar-refractivity contribution in [3.05, 3.63) is 57.9 Å². The highest BCUT2D eigenvalue weighted by atomic mass is 35.5. The first-order valence-corrected chi connectivity index (χ1v) is 8.84. The van der Waals surface area contributed by atoms with Gasteiger partial charge in [-0.15, -0.1) is 11.3 Å². The highest BCUT2D eigenvalue weighted by Crippen LogP contribution is 2.36. The number of ether oxygens (including phenoxy) is 2. The van der Waals surface area contributed by atoms with Crippen LogP contribution in [-0.4, -0.2) is 17.5 Å². The lowest BCUT2D eigenvalue weighted by Crippen LogP contribution is -2.01. The maximum atomic E-state index is 9.40. The maximum Gasteiger partial charge on any atom is 0.231 e. The Morgan fingerprint density at radius 3 is 2.96 bits per heavy atom. The number of thiazole rings is 1. The van der Waals surface area contributed by atoms with Gasteiger partial charge in [-0.1, -0.05) is 17.7 Å². The predicted octanol–water partition coefficient (Wildman–Crippen LogP) is 4.53. The van der Waals surface area contributed by atoms with Gasteiger partial charge in [-0.25, -0.2) is 4.98 Å². The van der Waals surface area contributed by atoms with E-state index in [0.29, 0.717) is 27.2 Å². The molecule has 3 aromatic rings. The zero-order chi connectivity index (χ0) is 17.9. The fraction of sp³-hybridized carbons (Fsp3) is 0.0556. The van der Waals surface area contributed by atoms with Gasteiger partial charge < -0.3 is 9.47 Å². The molecule has 26 heavy (non-hydrogen) atoms. The fourth-order valence-corrected chi connectivity index (χ4v) is 3.33. The molecular formula is C18H11ClN4O2S. The van der Waals surface area contributed by atoms with Gasteiger partial charge >= 0.3 is 0 Å². The molecule has 0 amide bonds. The van der Waals surface area contributed by atoms with E-state index in [4.69, 9.17) is 21.1 Å². The molecule has 1 aliphatic rings. The Hall–Kier alpha value is -3.08. The molecule has 2 heterocycles.